The van der Waals surface area contributed by atoms with Gasteiger partial charge < -0.3 is 0 Å². The van der Waals surface area contributed by atoms with Crippen molar-refractivity contribution in [3.05, 3.63) is 58.9 Å². The molecule has 0 spiro atoms. The van der Waals surface area contributed by atoms with E-state index >= 15 is 0 Å². The van der Waals surface area contributed by atoms with Crippen LogP contribution in [0.15, 0.2) is 42.5 Å². The van der Waals surface area contributed by atoms with E-state index in [9.17, 15) is 4.79 Å². The van der Waals surface area contributed by atoms with Crippen LogP contribution in [0.2, 0.25) is 5.15 Å². The molecule has 5 nitrogen and oxygen atoms in total. The number of aromatic nitrogens is 2. The van der Waals surface area contributed by atoms with E-state index in [1.807, 2.05) is 30.3 Å². The van der Waals surface area contributed by atoms with Crippen molar-refractivity contribution in [1.29, 1.82) is 0 Å². The maximum absolute atomic E-state index is 11.6. The zero-order valence-corrected chi connectivity index (χ0v) is 10.1. The molecule has 0 aliphatic rings. The summed E-state index contributed by atoms with van der Waals surface area (Å²) < 4.78 is 0. The Kier molecular flexibility index (Phi) is 4.22. The summed E-state index contributed by atoms with van der Waals surface area (Å²) >= 11 is 5.56. The van der Waals surface area contributed by atoms with Gasteiger partial charge in [-0.15, -0.1) is 10.2 Å². The fourth-order valence-corrected chi connectivity index (χ4v) is 1.35. The highest BCUT2D eigenvalue weighted by Gasteiger charge is 2.07. The number of nitrogens with zero attached hydrogens (tertiary/aromatic N) is 2. The summed E-state index contributed by atoms with van der Waals surface area (Å²) in [7, 11) is 0. The molecule has 0 aliphatic carbocycles. The third-order valence-corrected chi connectivity index (χ3v) is 2.31. The Labute approximate surface area is 109 Å². The van der Waals surface area contributed by atoms with Gasteiger partial charge in [-0.25, -0.2) is 5.48 Å². The van der Waals surface area contributed by atoms with Gasteiger partial charge in [0.05, 0.1) is 6.61 Å². The lowest BCUT2D eigenvalue weighted by atomic mass is 10.2. The number of halogens is 1. The molecular weight excluding hydrogens is 254 g/mol. The minimum Gasteiger partial charge on any atom is -0.269 e. The molecule has 2 rings (SSSR count). The summed E-state index contributed by atoms with van der Waals surface area (Å²) in [5.74, 6) is -0.463. The van der Waals surface area contributed by atoms with Crippen LogP contribution in [0.5, 0.6) is 0 Å². The first-order valence-corrected chi connectivity index (χ1v) is 5.59. The topological polar surface area (TPSA) is 64.1 Å². The predicted molar refractivity (Wildman–Crippen MR) is 65.7 cm³/mol. The van der Waals surface area contributed by atoms with E-state index in [1.165, 1.54) is 12.1 Å². The van der Waals surface area contributed by atoms with Crippen LogP contribution in [0.4, 0.5) is 0 Å². The molecule has 1 aromatic heterocycles. The summed E-state index contributed by atoms with van der Waals surface area (Å²) in [6.45, 7) is 0.285. The van der Waals surface area contributed by atoms with Gasteiger partial charge in [-0.1, -0.05) is 41.9 Å². The van der Waals surface area contributed by atoms with Crippen molar-refractivity contribution in [2.24, 2.45) is 0 Å². The first kappa shape index (κ1) is 12.5. The Hall–Kier alpha value is -1.98. The third kappa shape index (κ3) is 3.51. The van der Waals surface area contributed by atoms with Crippen molar-refractivity contribution in [2.45, 2.75) is 6.61 Å². The Morgan fingerprint density at radius 1 is 1.17 bits per heavy atom. The second-order valence-corrected chi connectivity index (χ2v) is 3.83. The van der Waals surface area contributed by atoms with Crippen LogP contribution < -0.4 is 5.48 Å². The van der Waals surface area contributed by atoms with E-state index in [-0.39, 0.29) is 17.5 Å². The molecule has 0 fully saturated rings. The number of hydrogen-bond donors (Lipinski definition) is 1. The molecule has 92 valence electrons. The van der Waals surface area contributed by atoms with Gasteiger partial charge in [0.2, 0.25) is 0 Å². The number of hydrogen-bond acceptors (Lipinski definition) is 4. The normalized spacial score (nSPS) is 10.1. The van der Waals surface area contributed by atoms with Gasteiger partial charge in [-0.3, -0.25) is 9.63 Å². The second kappa shape index (κ2) is 6.09. The third-order valence-electron chi connectivity index (χ3n) is 2.11. The number of rotatable bonds is 4. The molecule has 1 amide bonds. The number of amides is 1. The quantitative estimate of drug-likeness (QED) is 0.857. The SMILES string of the molecule is O=C(NOCc1ccccc1)c1ccc(Cl)nn1. The zero-order valence-electron chi connectivity index (χ0n) is 9.34. The van der Waals surface area contributed by atoms with Gasteiger partial charge >= 0.3 is 0 Å². The number of benzene rings is 1. The standard InChI is InChI=1S/C12H10ClN3O2/c13-11-7-6-10(14-15-11)12(17)16-18-8-9-4-2-1-3-5-9/h1-7H,8H2,(H,16,17). The molecule has 0 aliphatic heterocycles. The van der Waals surface area contributed by atoms with Crippen LogP contribution in [0.1, 0.15) is 16.1 Å². The smallest absolute Gasteiger partial charge is 0.269 e. The lowest BCUT2D eigenvalue weighted by Gasteiger charge is -2.04. The zero-order chi connectivity index (χ0) is 12.8. The van der Waals surface area contributed by atoms with Crippen molar-refractivity contribution in [2.75, 3.05) is 0 Å². The lowest BCUT2D eigenvalue weighted by molar-refractivity contribution is 0.0228. The van der Waals surface area contributed by atoms with E-state index in [4.69, 9.17) is 16.4 Å². The van der Waals surface area contributed by atoms with Gasteiger partial charge in [0, 0.05) is 0 Å². The average molecular weight is 264 g/mol. The van der Waals surface area contributed by atoms with Crippen molar-refractivity contribution in [1.82, 2.24) is 15.7 Å². The van der Waals surface area contributed by atoms with Crippen LogP contribution >= 0.6 is 11.6 Å². The molecule has 0 atom stereocenters. The Morgan fingerprint density at radius 3 is 2.61 bits per heavy atom. The van der Waals surface area contributed by atoms with Crippen molar-refractivity contribution in [3.63, 3.8) is 0 Å². The fraction of sp³-hybridized carbons (Fsp3) is 0.0833. The molecule has 1 heterocycles. The maximum Gasteiger partial charge on any atom is 0.295 e. The second-order valence-electron chi connectivity index (χ2n) is 3.45. The lowest BCUT2D eigenvalue weighted by Crippen LogP contribution is -2.24. The monoisotopic (exact) mass is 263 g/mol. The molecular formula is C12H10ClN3O2. The highest BCUT2D eigenvalue weighted by atomic mass is 35.5. The molecule has 0 unspecified atom stereocenters. The molecule has 0 saturated carbocycles. The Morgan fingerprint density at radius 2 is 1.94 bits per heavy atom. The first-order valence-electron chi connectivity index (χ1n) is 5.21. The Balaban J connectivity index is 1.84. The molecule has 6 heteroatoms. The number of nitrogens with one attached hydrogen (secondary N) is 1. The van der Waals surface area contributed by atoms with E-state index in [0.29, 0.717) is 0 Å². The molecule has 1 aromatic carbocycles. The van der Waals surface area contributed by atoms with Crippen molar-refractivity contribution < 1.29 is 9.63 Å². The number of hydroxylamine groups is 1. The number of carbonyl (C=O) groups is 1. The summed E-state index contributed by atoms with van der Waals surface area (Å²) in [5, 5.41) is 7.43. The molecule has 0 saturated heterocycles. The van der Waals surface area contributed by atoms with E-state index in [2.05, 4.69) is 15.7 Å². The largest absolute Gasteiger partial charge is 0.295 e. The first-order chi connectivity index (χ1) is 8.75. The minimum atomic E-state index is -0.463. The van der Waals surface area contributed by atoms with Gasteiger partial charge in [0.1, 0.15) is 0 Å². The highest BCUT2D eigenvalue weighted by molar-refractivity contribution is 6.29. The van der Waals surface area contributed by atoms with Crippen molar-refractivity contribution in [3.8, 4) is 0 Å². The summed E-state index contributed by atoms with van der Waals surface area (Å²) in [6.07, 6.45) is 0. The van der Waals surface area contributed by atoms with Gasteiger partial charge in [-0.05, 0) is 17.7 Å². The van der Waals surface area contributed by atoms with E-state index < -0.39 is 5.91 Å². The minimum absolute atomic E-state index is 0.146. The number of carbonyl (C=O) groups excluding carboxylic acids is 1. The van der Waals surface area contributed by atoms with Crippen LogP contribution in [0.25, 0.3) is 0 Å². The Bertz CT molecular complexity index is 517. The fourth-order valence-electron chi connectivity index (χ4n) is 1.25. The van der Waals surface area contributed by atoms with E-state index in [1.54, 1.807) is 0 Å². The average Bonchev–Trinajstić information content (AvgIpc) is 2.40. The van der Waals surface area contributed by atoms with Crippen molar-refractivity contribution >= 4 is 17.5 Å². The molecule has 1 N–H and O–H groups in total. The van der Waals surface area contributed by atoms with Crippen LogP contribution in [-0.4, -0.2) is 16.1 Å². The van der Waals surface area contributed by atoms with Gasteiger partial charge in [0.15, 0.2) is 10.8 Å². The van der Waals surface area contributed by atoms with Crippen LogP contribution in [0.3, 0.4) is 0 Å². The summed E-state index contributed by atoms with van der Waals surface area (Å²) in [6, 6.07) is 12.4. The molecule has 18 heavy (non-hydrogen) atoms. The van der Waals surface area contributed by atoms with Gasteiger partial charge in [0.25, 0.3) is 5.91 Å². The van der Waals surface area contributed by atoms with Crippen LogP contribution in [0, 0.1) is 0 Å². The molecule has 0 bridgehead atoms. The summed E-state index contributed by atoms with van der Waals surface area (Å²) in [5.41, 5.74) is 3.39. The summed E-state index contributed by atoms with van der Waals surface area (Å²) in [4.78, 5) is 16.6. The highest BCUT2D eigenvalue weighted by Crippen LogP contribution is 2.03. The van der Waals surface area contributed by atoms with E-state index in [0.717, 1.165) is 5.56 Å². The molecule has 2 aromatic rings. The van der Waals surface area contributed by atoms with Gasteiger partial charge in [-0.2, -0.15) is 0 Å². The molecule has 0 radical (unpaired) electrons. The van der Waals surface area contributed by atoms with Crippen LogP contribution in [-0.2, 0) is 11.4 Å². The maximum atomic E-state index is 11.6. The predicted octanol–water partition coefficient (Wildman–Crippen LogP) is 1.99.